The van der Waals surface area contributed by atoms with E-state index in [1.807, 2.05) is 42.5 Å². The van der Waals surface area contributed by atoms with Gasteiger partial charge in [-0.15, -0.1) is 0 Å². The number of para-hydroxylation sites is 2. The van der Waals surface area contributed by atoms with Gasteiger partial charge in [-0.25, -0.2) is 18.4 Å². The molecule has 7 nitrogen and oxygen atoms in total. The van der Waals surface area contributed by atoms with Crippen LogP contribution < -0.4 is 10.6 Å². The molecule has 0 unspecified atom stereocenters. The van der Waals surface area contributed by atoms with Crippen molar-refractivity contribution < 1.29 is 13.2 Å². The summed E-state index contributed by atoms with van der Waals surface area (Å²) in [6.45, 7) is 0. The molecule has 4 rings (SSSR count). The Morgan fingerprint density at radius 3 is 2.67 bits per heavy atom. The highest BCUT2D eigenvalue weighted by molar-refractivity contribution is 7.99. The highest BCUT2D eigenvalue weighted by Crippen LogP contribution is 2.29. The van der Waals surface area contributed by atoms with Crippen molar-refractivity contribution in [2.24, 2.45) is 0 Å². The SMILES string of the molecule is O=C(CSc1nc(Nc2ccccc2Cl)c2ccccc2n1)N[C@@H]1CCS(=O)(=O)C1. The number of rotatable bonds is 6. The van der Waals surface area contributed by atoms with E-state index >= 15 is 0 Å². The van der Waals surface area contributed by atoms with Crippen molar-refractivity contribution in [3.63, 3.8) is 0 Å². The first-order chi connectivity index (χ1) is 14.4. The largest absolute Gasteiger partial charge is 0.352 e. The first-order valence-electron chi connectivity index (χ1n) is 9.30. The Morgan fingerprint density at radius 2 is 1.90 bits per heavy atom. The summed E-state index contributed by atoms with van der Waals surface area (Å²) in [5, 5.41) is 7.87. The molecule has 1 saturated heterocycles. The van der Waals surface area contributed by atoms with Gasteiger partial charge in [0.25, 0.3) is 0 Å². The third kappa shape index (κ3) is 5.03. The van der Waals surface area contributed by atoms with Gasteiger partial charge < -0.3 is 10.6 Å². The van der Waals surface area contributed by atoms with E-state index in [1.54, 1.807) is 6.07 Å². The van der Waals surface area contributed by atoms with Gasteiger partial charge in [-0.1, -0.05) is 47.6 Å². The second kappa shape index (κ2) is 8.79. The molecule has 10 heteroatoms. The molecule has 1 aliphatic heterocycles. The minimum Gasteiger partial charge on any atom is -0.352 e. The molecule has 0 spiro atoms. The summed E-state index contributed by atoms with van der Waals surface area (Å²) in [5.41, 5.74) is 1.46. The summed E-state index contributed by atoms with van der Waals surface area (Å²) in [7, 11) is -3.04. The van der Waals surface area contributed by atoms with Crippen molar-refractivity contribution in [1.82, 2.24) is 15.3 Å². The van der Waals surface area contributed by atoms with Crippen molar-refractivity contribution in [3.8, 4) is 0 Å². The van der Waals surface area contributed by atoms with Crippen LogP contribution in [0.1, 0.15) is 6.42 Å². The molecule has 0 aliphatic carbocycles. The Hall–Kier alpha value is -2.36. The number of anilines is 2. The second-order valence-corrected chi connectivity index (χ2v) is 10.5. The number of hydrogen-bond acceptors (Lipinski definition) is 7. The number of amides is 1. The summed E-state index contributed by atoms with van der Waals surface area (Å²) in [4.78, 5) is 21.4. The van der Waals surface area contributed by atoms with Gasteiger partial charge in [-0.3, -0.25) is 4.79 Å². The van der Waals surface area contributed by atoms with Crippen molar-refractivity contribution in [2.45, 2.75) is 17.6 Å². The number of fused-ring (bicyclic) bond motifs is 1. The number of nitrogens with zero attached hydrogens (tertiary/aromatic N) is 2. The molecule has 156 valence electrons. The standard InChI is InChI=1S/C20H19ClN4O3S2/c21-15-6-2-4-8-17(15)23-19-14-5-1-3-7-16(14)24-20(25-19)29-11-18(26)22-13-9-10-30(27,28)12-13/h1-8,13H,9-12H2,(H,22,26)(H,23,24,25)/t13-/m1/s1. The van der Waals surface area contributed by atoms with Crippen molar-refractivity contribution in [1.29, 1.82) is 0 Å². The number of halogens is 1. The lowest BCUT2D eigenvalue weighted by Crippen LogP contribution is -2.36. The zero-order valence-corrected chi connectivity index (χ0v) is 18.2. The molecule has 1 fully saturated rings. The smallest absolute Gasteiger partial charge is 0.230 e. The van der Waals surface area contributed by atoms with Crippen LogP contribution >= 0.6 is 23.4 Å². The lowest BCUT2D eigenvalue weighted by molar-refractivity contribution is -0.119. The lowest BCUT2D eigenvalue weighted by atomic mass is 10.2. The fourth-order valence-corrected chi connectivity index (χ4v) is 5.73. The molecule has 2 N–H and O–H groups in total. The molecule has 0 bridgehead atoms. The van der Waals surface area contributed by atoms with Gasteiger partial charge >= 0.3 is 0 Å². The maximum absolute atomic E-state index is 12.3. The van der Waals surface area contributed by atoms with Crippen molar-refractivity contribution in [2.75, 3.05) is 22.6 Å². The quantitative estimate of drug-likeness (QED) is 0.427. The Balaban J connectivity index is 1.50. The van der Waals surface area contributed by atoms with Crippen LogP contribution in [0.4, 0.5) is 11.5 Å². The Kier molecular flexibility index (Phi) is 6.12. The van der Waals surface area contributed by atoms with Crippen LogP contribution in [0.2, 0.25) is 5.02 Å². The Morgan fingerprint density at radius 1 is 1.13 bits per heavy atom. The molecule has 0 radical (unpaired) electrons. The maximum Gasteiger partial charge on any atom is 0.230 e. The third-order valence-electron chi connectivity index (χ3n) is 4.64. The topological polar surface area (TPSA) is 101 Å². The van der Waals surface area contributed by atoms with Crippen LogP contribution in [-0.2, 0) is 14.6 Å². The number of thioether (sulfide) groups is 1. The molecule has 0 saturated carbocycles. The van der Waals surface area contributed by atoms with Crippen LogP contribution in [-0.4, -0.2) is 47.6 Å². The molecule has 30 heavy (non-hydrogen) atoms. The Labute approximate surface area is 183 Å². The first-order valence-corrected chi connectivity index (χ1v) is 12.5. The fourth-order valence-electron chi connectivity index (χ4n) is 3.21. The van der Waals surface area contributed by atoms with Crippen LogP contribution in [0.3, 0.4) is 0 Å². The summed E-state index contributed by atoms with van der Waals surface area (Å²) in [6, 6.07) is 14.6. The molecule has 1 amide bonds. The van der Waals surface area contributed by atoms with Crippen molar-refractivity contribution in [3.05, 3.63) is 53.6 Å². The van der Waals surface area contributed by atoms with E-state index in [0.717, 1.165) is 16.6 Å². The average molecular weight is 463 g/mol. The summed E-state index contributed by atoms with van der Waals surface area (Å²) >= 11 is 7.46. The molecular weight excluding hydrogens is 444 g/mol. The van der Waals surface area contributed by atoms with E-state index in [4.69, 9.17) is 11.6 Å². The number of carbonyl (C=O) groups excluding carboxylic acids is 1. The molecule has 2 aromatic carbocycles. The zero-order valence-electron chi connectivity index (χ0n) is 15.8. The van der Waals surface area contributed by atoms with E-state index in [9.17, 15) is 13.2 Å². The van der Waals surface area contributed by atoms with Gasteiger partial charge in [0.1, 0.15) is 5.82 Å². The number of hydrogen-bond donors (Lipinski definition) is 2. The van der Waals surface area contributed by atoms with Gasteiger partial charge in [-0.2, -0.15) is 0 Å². The van der Waals surface area contributed by atoms with E-state index in [-0.39, 0.29) is 29.2 Å². The van der Waals surface area contributed by atoms with Crippen LogP contribution in [0.15, 0.2) is 53.7 Å². The second-order valence-electron chi connectivity index (χ2n) is 6.93. The minimum absolute atomic E-state index is 0.00177. The van der Waals surface area contributed by atoms with E-state index in [1.165, 1.54) is 11.8 Å². The molecule has 1 aliphatic rings. The highest BCUT2D eigenvalue weighted by atomic mass is 35.5. The van der Waals surface area contributed by atoms with E-state index < -0.39 is 9.84 Å². The zero-order chi connectivity index (χ0) is 21.1. The maximum atomic E-state index is 12.3. The van der Waals surface area contributed by atoms with Gasteiger partial charge in [0.15, 0.2) is 15.0 Å². The highest BCUT2D eigenvalue weighted by Gasteiger charge is 2.28. The molecule has 2 heterocycles. The normalized spacial score (nSPS) is 17.7. The van der Waals surface area contributed by atoms with Gasteiger partial charge in [-0.05, 0) is 30.7 Å². The number of benzene rings is 2. The number of sulfone groups is 1. The number of carbonyl (C=O) groups is 1. The summed E-state index contributed by atoms with van der Waals surface area (Å²) < 4.78 is 23.1. The minimum atomic E-state index is -3.04. The van der Waals surface area contributed by atoms with Crippen molar-refractivity contribution >= 4 is 61.5 Å². The van der Waals surface area contributed by atoms with E-state index in [0.29, 0.717) is 22.4 Å². The molecular formula is C20H19ClN4O3S2. The summed E-state index contributed by atoms with van der Waals surface area (Å²) in [5.74, 6) is 0.580. The predicted octanol–water partition coefficient (Wildman–Crippen LogP) is 3.42. The van der Waals surface area contributed by atoms with Gasteiger partial charge in [0.2, 0.25) is 5.91 Å². The summed E-state index contributed by atoms with van der Waals surface area (Å²) in [6.07, 6.45) is 0.455. The molecule has 1 atom stereocenters. The van der Waals surface area contributed by atoms with Crippen LogP contribution in [0, 0.1) is 0 Å². The van der Waals surface area contributed by atoms with E-state index in [2.05, 4.69) is 20.6 Å². The Bertz CT molecular complexity index is 1200. The predicted molar refractivity (Wildman–Crippen MR) is 120 cm³/mol. The van der Waals surface area contributed by atoms with Crippen LogP contribution in [0.25, 0.3) is 10.9 Å². The first kappa shape index (κ1) is 20.9. The number of nitrogens with one attached hydrogen (secondary N) is 2. The van der Waals surface area contributed by atoms with Gasteiger partial charge in [0.05, 0.1) is 33.5 Å². The fraction of sp³-hybridized carbons (Fsp3) is 0.250. The van der Waals surface area contributed by atoms with Gasteiger partial charge in [0, 0.05) is 11.4 Å². The monoisotopic (exact) mass is 462 g/mol. The average Bonchev–Trinajstić information content (AvgIpc) is 3.06. The molecule has 3 aromatic rings. The molecule has 1 aromatic heterocycles. The third-order valence-corrected chi connectivity index (χ3v) is 7.58. The van der Waals surface area contributed by atoms with Crippen LogP contribution in [0.5, 0.6) is 0 Å². The lowest BCUT2D eigenvalue weighted by Gasteiger charge is -2.12. The number of aromatic nitrogens is 2.